The van der Waals surface area contributed by atoms with Crippen LogP contribution in [0.25, 0.3) is 0 Å². The number of hydrogen-bond acceptors (Lipinski definition) is 5. The number of amidine groups is 1. The van der Waals surface area contributed by atoms with Gasteiger partial charge in [0, 0.05) is 50.6 Å². The molecule has 2 N–H and O–H groups in total. The first-order valence-electron chi connectivity index (χ1n) is 11.8. The first kappa shape index (κ1) is 23.6. The second-order valence-electron chi connectivity index (χ2n) is 8.40. The minimum absolute atomic E-state index is 0.0370. The molecule has 1 atom stereocenters. The molecule has 2 fully saturated rings. The highest BCUT2D eigenvalue weighted by atomic mass is 16.5. The lowest BCUT2D eigenvalue weighted by Crippen LogP contribution is -2.49. The molecular formula is C25H32N6O3. The summed E-state index contributed by atoms with van der Waals surface area (Å²) in [6, 6.07) is 18.6. The van der Waals surface area contributed by atoms with Crippen molar-refractivity contribution in [3.05, 3.63) is 60.7 Å². The summed E-state index contributed by atoms with van der Waals surface area (Å²) in [5, 5.41) is 5.56. The minimum atomic E-state index is -0.577. The van der Waals surface area contributed by atoms with Crippen molar-refractivity contribution in [2.24, 2.45) is 4.99 Å². The molecule has 180 valence electrons. The van der Waals surface area contributed by atoms with Gasteiger partial charge in [0.2, 0.25) is 0 Å². The number of carbonyl (C=O) groups is 2. The molecule has 0 aromatic heterocycles. The van der Waals surface area contributed by atoms with Gasteiger partial charge >= 0.3 is 18.1 Å². The number of nitrogens with one attached hydrogen (secondary N) is 2. The van der Waals surface area contributed by atoms with Gasteiger partial charge in [-0.1, -0.05) is 43.3 Å². The fraction of sp³-hybridized carbons (Fsp3) is 0.400. The fourth-order valence-corrected chi connectivity index (χ4v) is 4.09. The molecule has 0 saturated carbocycles. The third-order valence-corrected chi connectivity index (χ3v) is 5.84. The number of amides is 4. The van der Waals surface area contributed by atoms with E-state index in [1.807, 2.05) is 31.2 Å². The molecule has 4 rings (SSSR count). The number of rotatable bonds is 6. The van der Waals surface area contributed by atoms with Crippen LogP contribution < -0.4 is 15.5 Å². The van der Waals surface area contributed by atoms with Gasteiger partial charge in [-0.15, -0.1) is 4.99 Å². The number of piperazine rings is 1. The standard InChI is InChI=1S/C25H32N6O3/c1-2-13-26-24(33)31-19-22(34-25(31)28-23(32)27-20-9-5-3-6-10-20)18-29-14-16-30(17-15-29)21-11-7-4-8-12-21/h3-12,22H,2,13-19H2,1H3,(H,26,33)(H,27,32). The van der Waals surface area contributed by atoms with Gasteiger partial charge < -0.3 is 20.3 Å². The lowest BCUT2D eigenvalue weighted by atomic mass is 10.2. The van der Waals surface area contributed by atoms with Crippen LogP contribution in [0.15, 0.2) is 65.7 Å². The molecule has 0 bridgehead atoms. The normalized spacial score (nSPS) is 19.7. The Balaban J connectivity index is 1.36. The van der Waals surface area contributed by atoms with Crippen LogP contribution in [0.1, 0.15) is 13.3 Å². The van der Waals surface area contributed by atoms with E-state index in [-0.39, 0.29) is 18.2 Å². The third kappa shape index (κ3) is 6.26. The van der Waals surface area contributed by atoms with E-state index in [4.69, 9.17) is 4.74 Å². The molecule has 0 aliphatic carbocycles. The maximum absolute atomic E-state index is 12.7. The highest BCUT2D eigenvalue weighted by Gasteiger charge is 2.36. The van der Waals surface area contributed by atoms with Crippen LogP contribution in [0.2, 0.25) is 0 Å². The third-order valence-electron chi connectivity index (χ3n) is 5.84. The van der Waals surface area contributed by atoms with Crippen molar-refractivity contribution in [3.63, 3.8) is 0 Å². The van der Waals surface area contributed by atoms with Gasteiger partial charge in [0.15, 0.2) is 0 Å². The van der Waals surface area contributed by atoms with Crippen molar-refractivity contribution >= 4 is 29.5 Å². The Morgan fingerprint density at radius 2 is 1.68 bits per heavy atom. The second kappa shape index (κ2) is 11.5. The Bertz CT molecular complexity index is 977. The Labute approximate surface area is 200 Å². The zero-order chi connectivity index (χ0) is 23.8. The van der Waals surface area contributed by atoms with Gasteiger partial charge in [-0.2, -0.15) is 0 Å². The summed E-state index contributed by atoms with van der Waals surface area (Å²) in [5.74, 6) is 0. The average Bonchev–Trinajstić information content (AvgIpc) is 3.26. The molecule has 9 nitrogen and oxygen atoms in total. The Morgan fingerprint density at radius 1 is 1.00 bits per heavy atom. The molecule has 2 aromatic carbocycles. The molecule has 4 amide bonds. The summed E-state index contributed by atoms with van der Waals surface area (Å²) < 4.78 is 6.00. The van der Waals surface area contributed by atoms with E-state index >= 15 is 0 Å². The molecule has 9 heteroatoms. The van der Waals surface area contributed by atoms with Crippen LogP contribution >= 0.6 is 0 Å². The van der Waals surface area contributed by atoms with E-state index < -0.39 is 6.03 Å². The number of urea groups is 2. The number of carbonyl (C=O) groups excluding carboxylic acids is 2. The van der Waals surface area contributed by atoms with Crippen molar-refractivity contribution < 1.29 is 14.3 Å². The van der Waals surface area contributed by atoms with Gasteiger partial charge in [0.25, 0.3) is 0 Å². The minimum Gasteiger partial charge on any atom is -0.458 e. The summed E-state index contributed by atoms with van der Waals surface area (Å²) in [5.41, 5.74) is 1.86. The summed E-state index contributed by atoms with van der Waals surface area (Å²) in [4.78, 5) is 35.3. The van der Waals surface area contributed by atoms with Crippen LogP contribution in [0, 0.1) is 0 Å². The molecule has 0 radical (unpaired) electrons. The van der Waals surface area contributed by atoms with Gasteiger partial charge in [0.05, 0.1) is 6.54 Å². The van der Waals surface area contributed by atoms with Crippen molar-refractivity contribution in [2.75, 3.05) is 56.0 Å². The van der Waals surface area contributed by atoms with Gasteiger partial charge in [0.1, 0.15) is 6.10 Å². The number of aliphatic imine (C=N–C) groups is 1. The summed E-state index contributed by atoms with van der Waals surface area (Å²) in [6.45, 7) is 7.21. The number of benzene rings is 2. The number of para-hydroxylation sites is 2. The maximum atomic E-state index is 12.7. The van der Waals surface area contributed by atoms with Gasteiger partial charge in [-0.25, -0.2) is 14.5 Å². The summed E-state index contributed by atoms with van der Waals surface area (Å²) in [6.07, 6.45) is 0.565. The maximum Gasteiger partial charge on any atom is 0.349 e. The topological polar surface area (TPSA) is 89.5 Å². The SMILES string of the molecule is CCCNC(=O)N1CC(CN2CCN(c3ccccc3)CC2)OC1=NC(=O)Nc1ccccc1. The number of ether oxygens (including phenoxy) is 1. The smallest absolute Gasteiger partial charge is 0.349 e. The lowest BCUT2D eigenvalue weighted by Gasteiger charge is -2.36. The van der Waals surface area contributed by atoms with Gasteiger partial charge in [-0.3, -0.25) is 4.90 Å². The molecular weight excluding hydrogens is 432 g/mol. The van der Waals surface area contributed by atoms with Crippen LogP contribution in [0.5, 0.6) is 0 Å². The van der Waals surface area contributed by atoms with Crippen molar-refractivity contribution in [1.29, 1.82) is 0 Å². The zero-order valence-electron chi connectivity index (χ0n) is 19.5. The Hall–Kier alpha value is -3.59. The average molecular weight is 465 g/mol. The van der Waals surface area contributed by atoms with E-state index in [9.17, 15) is 9.59 Å². The molecule has 0 spiro atoms. The predicted octanol–water partition coefficient (Wildman–Crippen LogP) is 3.22. The molecule has 2 aliphatic heterocycles. The van der Waals surface area contributed by atoms with Gasteiger partial charge in [-0.05, 0) is 30.7 Å². The fourth-order valence-electron chi connectivity index (χ4n) is 4.09. The molecule has 2 aliphatic rings. The first-order chi connectivity index (χ1) is 16.6. The highest BCUT2D eigenvalue weighted by Crippen LogP contribution is 2.18. The summed E-state index contributed by atoms with van der Waals surface area (Å²) >= 11 is 0. The molecule has 1 unspecified atom stereocenters. The predicted molar refractivity (Wildman–Crippen MR) is 133 cm³/mol. The van der Waals surface area contributed by atoms with Crippen molar-refractivity contribution in [1.82, 2.24) is 15.1 Å². The highest BCUT2D eigenvalue weighted by molar-refractivity contribution is 6.02. The zero-order valence-corrected chi connectivity index (χ0v) is 19.5. The van der Waals surface area contributed by atoms with E-state index in [2.05, 4.69) is 49.7 Å². The van der Waals surface area contributed by atoms with Crippen molar-refractivity contribution in [3.8, 4) is 0 Å². The van der Waals surface area contributed by atoms with E-state index in [1.165, 1.54) is 10.6 Å². The van der Waals surface area contributed by atoms with Crippen LogP contribution in [-0.2, 0) is 4.74 Å². The molecule has 34 heavy (non-hydrogen) atoms. The number of anilines is 2. The van der Waals surface area contributed by atoms with E-state index in [0.29, 0.717) is 25.3 Å². The Morgan fingerprint density at radius 3 is 2.35 bits per heavy atom. The van der Waals surface area contributed by atoms with Crippen molar-refractivity contribution in [2.45, 2.75) is 19.4 Å². The number of nitrogens with zero attached hydrogens (tertiary/aromatic N) is 4. The first-order valence-corrected chi connectivity index (χ1v) is 11.8. The second-order valence-corrected chi connectivity index (χ2v) is 8.40. The summed E-state index contributed by atoms with van der Waals surface area (Å²) in [7, 11) is 0. The number of hydrogen-bond donors (Lipinski definition) is 2. The van der Waals surface area contributed by atoms with Crippen LogP contribution in [0.4, 0.5) is 21.0 Å². The molecule has 2 saturated heterocycles. The quantitative estimate of drug-likeness (QED) is 0.685. The lowest BCUT2D eigenvalue weighted by molar-refractivity contribution is 0.143. The molecule has 2 heterocycles. The monoisotopic (exact) mass is 464 g/mol. The molecule has 2 aromatic rings. The largest absolute Gasteiger partial charge is 0.458 e. The Kier molecular flexibility index (Phi) is 7.98. The van der Waals surface area contributed by atoms with Crippen LogP contribution in [-0.4, -0.2) is 79.8 Å². The van der Waals surface area contributed by atoms with Crippen LogP contribution in [0.3, 0.4) is 0 Å². The van der Waals surface area contributed by atoms with E-state index in [0.717, 1.165) is 32.6 Å². The van der Waals surface area contributed by atoms with E-state index in [1.54, 1.807) is 12.1 Å².